The van der Waals surface area contributed by atoms with Crippen LogP contribution in [-0.4, -0.2) is 54.2 Å². The standard InChI is InChI=1S/C18H21N3O4/c1-21(2)10-13(22)11-25-14-5-3-12(4-6-14)19-18(23)16-9-17-15(20-16)7-8-24-17/h3-9,13,20,22H,10-11H2,1-2H3,(H,19,23). The minimum Gasteiger partial charge on any atom is -0.491 e. The van der Waals surface area contributed by atoms with E-state index in [0.29, 0.717) is 29.3 Å². The molecule has 3 aromatic rings. The lowest BCUT2D eigenvalue weighted by atomic mass is 10.3. The lowest BCUT2D eigenvalue weighted by Crippen LogP contribution is -2.30. The predicted molar refractivity (Wildman–Crippen MR) is 95.0 cm³/mol. The number of aliphatic hydroxyl groups is 1. The Morgan fingerprint density at radius 2 is 2.08 bits per heavy atom. The van der Waals surface area contributed by atoms with E-state index in [1.54, 1.807) is 42.7 Å². The summed E-state index contributed by atoms with van der Waals surface area (Å²) in [5, 5.41) is 12.6. The van der Waals surface area contributed by atoms with Gasteiger partial charge in [-0.1, -0.05) is 0 Å². The molecule has 0 fully saturated rings. The number of aromatic nitrogens is 1. The number of hydrogen-bond acceptors (Lipinski definition) is 5. The van der Waals surface area contributed by atoms with Crippen molar-refractivity contribution >= 4 is 22.7 Å². The summed E-state index contributed by atoms with van der Waals surface area (Å²) in [5.74, 6) is 0.384. The summed E-state index contributed by atoms with van der Waals surface area (Å²) >= 11 is 0. The number of hydrogen-bond donors (Lipinski definition) is 3. The summed E-state index contributed by atoms with van der Waals surface area (Å²) in [6, 6.07) is 10.4. The molecule has 0 aliphatic carbocycles. The fourth-order valence-corrected chi connectivity index (χ4v) is 2.47. The molecule has 1 aromatic carbocycles. The minimum atomic E-state index is -0.555. The van der Waals surface area contributed by atoms with E-state index < -0.39 is 6.10 Å². The van der Waals surface area contributed by atoms with Gasteiger partial charge in [-0.3, -0.25) is 4.79 Å². The second-order valence-corrected chi connectivity index (χ2v) is 6.09. The zero-order valence-electron chi connectivity index (χ0n) is 14.2. The molecule has 0 radical (unpaired) electrons. The van der Waals surface area contributed by atoms with E-state index in [4.69, 9.17) is 9.15 Å². The van der Waals surface area contributed by atoms with Crippen LogP contribution in [0.4, 0.5) is 5.69 Å². The Bertz CT molecular complexity index is 807. The van der Waals surface area contributed by atoms with Crippen LogP contribution < -0.4 is 10.1 Å². The zero-order chi connectivity index (χ0) is 17.8. The Kier molecular flexibility index (Phi) is 5.06. The molecule has 2 aromatic heterocycles. The van der Waals surface area contributed by atoms with Crippen molar-refractivity contribution in [3.8, 4) is 5.75 Å². The van der Waals surface area contributed by atoms with Gasteiger partial charge in [-0.25, -0.2) is 0 Å². The van der Waals surface area contributed by atoms with Crippen LogP contribution in [0.25, 0.3) is 11.1 Å². The molecule has 0 bridgehead atoms. The third-order valence-corrected chi connectivity index (χ3v) is 3.62. The van der Waals surface area contributed by atoms with Gasteiger partial charge in [-0.15, -0.1) is 0 Å². The van der Waals surface area contributed by atoms with E-state index in [2.05, 4.69) is 10.3 Å². The second kappa shape index (κ2) is 7.42. The summed E-state index contributed by atoms with van der Waals surface area (Å²) in [6.07, 6.45) is 1.01. The smallest absolute Gasteiger partial charge is 0.272 e. The molecule has 0 spiro atoms. The van der Waals surface area contributed by atoms with Gasteiger partial charge in [-0.05, 0) is 38.4 Å². The summed E-state index contributed by atoms with van der Waals surface area (Å²) in [7, 11) is 3.78. The van der Waals surface area contributed by atoms with Crippen LogP contribution in [0.2, 0.25) is 0 Å². The highest BCUT2D eigenvalue weighted by Gasteiger charge is 2.11. The molecule has 0 aliphatic rings. The minimum absolute atomic E-state index is 0.214. The SMILES string of the molecule is CN(C)CC(O)COc1ccc(NC(=O)c2cc3occc3[nH]2)cc1. The largest absolute Gasteiger partial charge is 0.491 e. The van der Waals surface area contributed by atoms with Gasteiger partial charge in [0.1, 0.15) is 24.2 Å². The van der Waals surface area contributed by atoms with Crippen LogP contribution >= 0.6 is 0 Å². The average Bonchev–Trinajstić information content (AvgIpc) is 3.15. The van der Waals surface area contributed by atoms with Gasteiger partial charge in [0.05, 0.1) is 11.8 Å². The Labute approximate surface area is 145 Å². The number of H-pyrrole nitrogens is 1. The Balaban J connectivity index is 1.55. The van der Waals surface area contributed by atoms with E-state index >= 15 is 0 Å². The van der Waals surface area contributed by atoms with Crippen molar-refractivity contribution < 1.29 is 19.1 Å². The van der Waals surface area contributed by atoms with Crippen molar-refractivity contribution in [1.29, 1.82) is 0 Å². The molecule has 0 saturated heterocycles. The predicted octanol–water partition coefficient (Wildman–Crippen LogP) is 2.31. The molecule has 0 saturated carbocycles. The number of ether oxygens (including phenoxy) is 1. The molecule has 7 heteroatoms. The van der Waals surface area contributed by atoms with Gasteiger partial charge in [0, 0.05) is 24.4 Å². The third-order valence-electron chi connectivity index (χ3n) is 3.62. The number of fused-ring (bicyclic) bond motifs is 1. The maximum atomic E-state index is 12.2. The Morgan fingerprint density at radius 1 is 1.32 bits per heavy atom. The number of rotatable bonds is 7. The molecule has 1 atom stereocenters. The van der Waals surface area contributed by atoms with Crippen molar-refractivity contribution in [1.82, 2.24) is 9.88 Å². The van der Waals surface area contributed by atoms with Gasteiger partial charge in [-0.2, -0.15) is 0 Å². The molecule has 1 amide bonds. The number of likely N-dealkylation sites (N-methyl/N-ethyl adjacent to an activating group) is 1. The first kappa shape index (κ1) is 17.1. The lowest BCUT2D eigenvalue weighted by Gasteiger charge is -2.16. The number of furan rings is 1. The van der Waals surface area contributed by atoms with Gasteiger partial charge in [0.25, 0.3) is 5.91 Å². The molecule has 1 unspecified atom stereocenters. The van der Waals surface area contributed by atoms with Crippen LogP contribution in [0.1, 0.15) is 10.5 Å². The van der Waals surface area contributed by atoms with E-state index in [-0.39, 0.29) is 12.5 Å². The first-order chi connectivity index (χ1) is 12.0. The van der Waals surface area contributed by atoms with Crippen molar-refractivity contribution in [2.75, 3.05) is 32.6 Å². The van der Waals surface area contributed by atoms with Gasteiger partial charge < -0.3 is 29.5 Å². The topological polar surface area (TPSA) is 90.7 Å². The third kappa shape index (κ3) is 4.40. The Morgan fingerprint density at radius 3 is 2.76 bits per heavy atom. The molecule has 3 rings (SSSR count). The molecule has 0 aliphatic heterocycles. The quantitative estimate of drug-likeness (QED) is 0.612. The number of anilines is 1. The molecule has 7 nitrogen and oxygen atoms in total. The number of benzene rings is 1. The molecular formula is C18H21N3O4. The highest BCUT2D eigenvalue weighted by molar-refractivity contribution is 6.05. The second-order valence-electron chi connectivity index (χ2n) is 6.09. The van der Waals surface area contributed by atoms with Crippen LogP contribution in [0.5, 0.6) is 5.75 Å². The monoisotopic (exact) mass is 343 g/mol. The fourth-order valence-electron chi connectivity index (χ4n) is 2.47. The van der Waals surface area contributed by atoms with Crippen LogP contribution in [0.15, 0.2) is 47.1 Å². The number of carbonyl (C=O) groups is 1. The maximum absolute atomic E-state index is 12.2. The lowest BCUT2D eigenvalue weighted by molar-refractivity contribution is 0.0831. The number of nitrogens with zero attached hydrogens (tertiary/aromatic N) is 1. The van der Waals surface area contributed by atoms with Crippen LogP contribution in [0.3, 0.4) is 0 Å². The highest BCUT2D eigenvalue weighted by Crippen LogP contribution is 2.19. The molecule has 132 valence electrons. The zero-order valence-corrected chi connectivity index (χ0v) is 14.2. The van der Waals surface area contributed by atoms with Crippen LogP contribution in [-0.2, 0) is 0 Å². The number of aliphatic hydroxyl groups excluding tert-OH is 1. The van der Waals surface area contributed by atoms with E-state index in [9.17, 15) is 9.90 Å². The van der Waals surface area contributed by atoms with E-state index in [1.165, 1.54) is 0 Å². The van der Waals surface area contributed by atoms with Crippen molar-refractivity contribution in [3.63, 3.8) is 0 Å². The summed E-state index contributed by atoms with van der Waals surface area (Å²) < 4.78 is 10.8. The van der Waals surface area contributed by atoms with Crippen molar-refractivity contribution in [2.24, 2.45) is 0 Å². The summed E-state index contributed by atoms with van der Waals surface area (Å²) in [5.41, 5.74) is 2.51. The van der Waals surface area contributed by atoms with Gasteiger partial charge in [0.15, 0.2) is 5.58 Å². The number of amides is 1. The number of nitrogens with one attached hydrogen (secondary N) is 2. The first-order valence-electron chi connectivity index (χ1n) is 7.94. The molecule has 2 heterocycles. The first-order valence-corrected chi connectivity index (χ1v) is 7.94. The maximum Gasteiger partial charge on any atom is 0.272 e. The van der Waals surface area contributed by atoms with E-state index in [1.807, 2.05) is 19.0 Å². The van der Waals surface area contributed by atoms with Crippen molar-refractivity contribution in [2.45, 2.75) is 6.10 Å². The average molecular weight is 343 g/mol. The highest BCUT2D eigenvalue weighted by atomic mass is 16.5. The molecule has 3 N–H and O–H groups in total. The normalized spacial score (nSPS) is 12.5. The van der Waals surface area contributed by atoms with Gasteiger partial charge >= 0.3 is 0 Å². The van der Waals surface area contributed by atoms with Crippen LogP contribution in [0, 0.1) is 0 Å². The summed E-state index contributed by atoms with van der Waals surface area (Å²) in [6.45, 7) is 0.749. The fraction of sp³-hybridized carbons (Fsp3) is 0.278. The number of aromatic amines is 1. The molecular weight excluding hydrogens is 322 g/mol. The number of carbonyl (C=O) groups excluding carboxylic acids is 1. The molecule has 25 heavy (non-hydrogen) atoms. The van der Waals surface area contributed by atoms with Crippen molar-refractivity contribution in [3.05, 3.63) is 48.4 Å². The summed E-state index contributed by atoms with van der Waals surface area (Å²) in [4.78, 5) is 17.1. The Hall–Kier alpha value is -2.77. The van der Waals surface area contributed by atoms with Gasteiger partial charge in [0.2, 0.25) is 0 Å². The van der Waals surface area contributed by atoms with E-state index in [0.717, 1.165) is 5.52 Å².